The first-order valence-corrected chi connectivity index (χ1v) is 9.72. The summed E-state index contributed by atoms with van der Waals surface area (Å²) in [5.41, 5.74) is 3.33. The van der Waals surface area contributed by atoms with Crippen molar-refractivity contribution in [3.8, 4) is 22.6 Å². The lowest BCUT2D eigenvalue weighted by Gasteiger charge is -2.24. The van der Waals surface area contributed by atoms with E-state index in [0.29, 0.717) is 19.8 Å². The molecule has 1 amide bonds. The van der Waals surface area contributed by atoms with E-state index >= 15 is 0 Å². The highest BCUT2D eigenvalue weighted by atomic mass is 16.6. The number of carbonyl (C=O) groups excluding carboxylic acids is 1. The van der Waals surface area contributed by atoms with Crippen molar-refractivity contribution in [1.29, 1.82) is 0 Å². The van der Waals surface area contributed by atoms with Crippen molar-refractivity contribution in [2.45, 2.75) is 32.9 Å². The molecule has 1 aliphatic rings. The lowest BCUT2D eigenvalue weighted by molar-refractivity contribution is -0.129. The monoisotopic (exact) mass is 391 g/mol. The molecule has 4 rings (SSSR count). The molecule has 0 saturated heterocycles. The van der Waals surface area contributed by atoms with Crippen LogP contribution in [0.5, 0.6) is 11.5 Å². The Morgan fingerprint density at radius 2 is 1.79 bits per heavy atom. The van der Waals surface area contributed by atoms with Gasteiger partial charge in [0.15, 0.2) is 11.5 Å². The number of rotatable bonds is 5. The van der Waals surface area contributed by atoms with E-state index in [2.05, 4.69) is 10.4 Å². The third-order valence-electron chi connectivity index (χ3n) is 5.16. The summed E-state index contributed by atoms with van der Waals surface area (Å²) in [6, 6.07) is 14.0. The number of carbonyl (C=O) groups is 1. The first kappa shape index (κ1) is 19.1. The van der Waals surface area contributed by atoms with Crippen LogP contribution in [0.25, 0.3) is 11.1 Å². The number of hydrogen-bond donors (Lipinski definition) is 1. The van der Waals surface area contributed by atoms with Gasteiger partial charge in [0.25, 0.3) is 0 Å². The molecule has 2 heterocycles. The van der Waals surface area contributed by atoms with Gasteiger partial charge in [0.1, 0.15) is 18.8 Å². The minimum atomic E-state index is -0.823. The molecule has 0 aliphatic carbocycles. The molecule has 1 aromatic heterocycles. The second kappa shape index (κ2) is 7.62. The molecule has 6 nitrogen and oxygen atoms in total. The van der Waals surface area contributed by atoms with Gasteiger partial charge >= 0.3 is 0 Å². The van der Waals surface area contributed by atoms with Gasteiger partial charge in [-0.1, -0.05) is 35.9 Å². The fourth-order valence-corrected chi connectivity index (χ4v) is 3.21. The van der Waals surface area contributed by atoms with Crippen molar-refractivity contribution in [1.82, 2.24) is 15.1 Å². The highest BCUT2D eigenvalue weighted by Gasteiger charge is 2.30. The van der Waals surface area contributed by atoms with E-state index in [1.54, 1.807) is 10.9 Å². The zero-order chi connectivity index (χ0) is 20.4. The summed E-state index contributed by atoms with van der Waals surface area (Å²) in [5.74, 6) is 1.40. The number of fused-ring (bicyclic) bond motifs is 1. The minimum Gasteiger partial charge on any atom is -0.486 e. The minimum absolute atomic E-state index is 0.0881. The third kappa shape index (κ3) is 3.97. The van der Waals surface area contributed by atoms with E-state index in [0.717, 1.165) is 28.2 Å². The summed E-state index contributed by atoms with van der Waals surface area (Å²) in [4.78, 5) is 12.8. The predicted molar refractivity (Wildman–Crippen MR) is 111 cm³/mol. The SMILES string of the molecule is Cc1ccc(CNC(=O)C(C)(C)n2cc(-c3ccc4c(c3)OCCO4)cn2)cc1. The van der Waals surface area contributed by atoms with E-state index in [1.165, 1.54) is 5.56 Å². The van der Waals surface area contributed by atoms with Crippen LogP contribution < -0.4 is 14.8 Å². The quantitative estimate of drug-likeness (QED) is 0.721. The molecule has 0 fully saturated rings. The Kier molecular flexibility index (Phi) is 5.01. The number of ether oxygens (including phenoxy) is 2. The van der Waals surface area contributed by atoms with Gasteiger partial charge in [-0.3, -0.25) is 9.48 Å². The molecule has 1 N–H and O–H groups in total. The van der Waals surface area contributed by atoms with Crippen LogP contribution in [0.1, 0.15) is 25.0 Å². The molecule has 0 bridgehead atoms. The molecule has 0 saturated carbocycles. The van der Waals surface area contributed by atoms with E-state index in [1.807, 2.05) is 69.4 Å². The van der Waals surface area contributed by atoms with Crippen LogP contribution in [0.15, 0.2) is 54.9 Å². The number of hydrogen-bond acceptors (Lipinski definition) is 4. The van der Waals surface area contributed by atoms with E-state index < -0.39 is 5.54 Å². The fraction of sp³-hybridized carbons (Fsp3) is 0.304. The summed E-state index contributed by atoms with van der Waals surface area (Å²) >= 11 is 0. The van der Waals surface area contributed by atoms with Gasteiger partial charge in [0, 0.05) is 18.3 Å². The Morgan fingerprint density at radius 1 is 1.07 bits per heavy atom. The van der Waals surface area contributed by atoms with Crippen molar-refractivity contribution >= 4 is 5.91 Å². The van der Waals surface area contributed by atoms with E-state index in [4.69, 9.17) is 9.47 Å². The van der Waals surface area contributed by atoms with E-state index in [-0.39, 0.29) is 5.91 Å². The first-order valence-electron chi connectivity index (χ1n) is 9.72. The number of benzene rings is 2. The summed E-state index contributed by atoms with van der Waals surface area (Å²) in [5, 5.41) is 7.46. The average molecular weight is 391 g/mol. The summed E-state index contributed by atoms with van der Waals surface area (Å²) in [6.45, 7) is 7.36. The van der Waals surface area contributed by atoms with E-state index in [9.17, 15) is 4.79 Å². The Morgan fingerprint density at radius 3 is 2.55 bits per heavy atom. The van der Waals surface area contributed by atoms with Gasteiger partial charge in [0.2, 0.25) is 5.91 Å². The molecule has 0 spiro atoms. The number of aromatic nitrogens is 2. The molecule has 0 unspecified atom stereocenters. The number of nitrogens with zero attached hydrogens (tertiary/aromatic N) is 2. The Hall–Kier alpha value is -3.28. The maximum atomic E-state index is 12.8. The normalized spacial score (nSPS) is 13.2. The first-order chi connectivity index (χ1) is 13.9. The van der Waals surface area contributed by atoms with Crippen molar-refractivity contribution in [2.24, 2.45) is 0 Å². The molecule has 29 heavy (non-hydrogen) atoms. The molecule has 0 radical (unpaired) electrons. The highest BCUT2D eigenvalue weighted by Crippen LogP contribution is 2.34. The maximum Gasteiger partial charge on any atom is 0.247 e. The van der Waals surface area contributed by atoms with Crippen molar-refractivity contribution in [3.63, 3.8) is 0 Å². The molecule has 150 valence electrons. The second-order valence-corrected chi connectivity index (χ2v) is 7.76. The van der Waals surface area contributed by atoms with Crippen LogP contribution in [0, 0.1) is 6.92 Å². The van der Waals surface area contributed by atoms with Crippen molar-refractivity contribution in [3.05, 3.63) is 66.0 Å². The lowest BCUT2D eigenvalue weighted by atomic mass is 10.0. The second-order valence-electron chi connectivity index (χ2n) is 7.76. The van der Waals surface area contributed by atoms with Crippen LogP contribution in [-0.2, 0) is 16.9 Å². The average Bonchev–Trinajstić information content (AvgIpc) is 3.24. The topological polar surface area (TPSA) is 65.4 Å². The molecular weight excluding hydrogens is 366 g/mol. The summed E-state index contributed by atoms with van der Waals surface area (Å²) < 4.78 is 12.9. The molecule has 6 heteroatoms. The molecule has 1 aliphatic heterocycles. The van der Waals surface area contributed by atoms with Crippen LogP contribution in [0.2, 0.25) is 0 Å². The highest BCUT2D eigenvalue weighted by molar-refractivity contribution is 5.83. The Balaban J connectivity index is 1.48. The Labute approximate surface area is 170 Å². The lowest BCUT2D eigenvalue weighted by Crippen LogP contribution is -2.44. The Bertz CT molecular complexity index is 1020. The standard InChI is InChI=1S/C23H25N3O3/c1-16-4-6-17(7-5-16)13-24-22(27)23(2,3)26-15-19(14-25-26)18-8-9-20-21(12-18)29-11-10-28-20/h4-9,12,14-15H,10-11,13H2,1-3H3,(H,24,27). The molecule has 3 aromatic rings. The largest absolute Gasteiger partial charge is 0.486 e. The number of nitrogens with one attached hydrogen (secondary N) is 1. The van der Waals surface area contributed by atoms with Gasteiger partial charge in [-0.05, 0) is 44.0 Å². The summed E-state index contributed by atoms with van der Waals surface area (Å²) in [7, 11) is 0. The maximum absolute atomic E-state index is 12.8. The fourth-order valence-electron chi connectivity index (χ4n) is 3.21. The van der Waals surface area contributed by atoms with Crippen LogP contribution in [0.3, 0.4) is 0 Å². The van der Waals surface area contributed by atoms with Crippen LogP contribution in [-0.4, -0.2) is 28.9 Å². The number of amides is 1. The smallest absolute Gasteiger partial charge is 0.247 e. The van der Waals surface area contributed by atoms with Gasteiger partial charge in [-0.2, -0.15) is 5.10 Å². The van der Waals surface area contributed by atoms with Crippen LogP contribution >= 0.6 is 0 Å². The zero-order valence-electron chi connectivity index (χ0n) is 16.9. The molecule has 2 aromatic carbocycles. The van der Waals surface area contributed by atoms with Crippen molar-refractivity contribution < 1.29 is 14.3 Å². The van der Waals surface area contributed by atoms with Crippen LogP contribution in [0.4, 0.5) is 0 Å². The molecular formula is C23H25N3O3. The van der Waals surface area contributed by atoms with Gasteiger partial charge < -0.3 is 14.8 Å². The predicted octanol–water partition coefficient (Wildman–Crippen LogP) is 3.68. The number of aryl methyl sites for hydroxylation is 1. The van der Waals surface area contributed by atoms with Crippen molar-refractivity contribution in [2.75, 3.05) is 13.2 Å². The third-order valence-corrected chi connectivity index (χ3v) is 5.16. The zero-order valence-corrected chi connectivity index (χ0v) is 16.9. The van der Waals surface area contributed by atoms with Gasteiger partial charge in [0.05, 0.1) is 6.20 Å². The molecule has 0 atom stereocenters. The summed E-state index contributed by atoms with van der Waals surface area (Å²) in [6.07, 6.45) is 3.65. The van der Waals surface area contributed by atoms with Gasteiger partial charge in [-0.25, -0.2) is 0 Å². The van der Waals surface area contributed by atoms with Gasteiger partial charge in [-0.15, -0.1) is 0 Å².